The van der Waals surface area contributed by atoms with E-state index >= 15 is 0 Å². The normalized spacial score (nSPS) is 32.1. The van der Waals surface area contributed by atoms with Gasteiger partial charge in [-0.1, -0.05) is 0 Å². The Balaban J connectivity index is 1.40. The highest BCUT2D eigenvalue weighted by Gasteiger charge is 2.44. The fourth-order valence-corrected chi connectivity index (χ4v) is 4.99. The predicted octanol–water partition coefficient (Wildman–Crippen LogP) is 1.02. The van der Waals surface area contributed by atoms with E-state index in [9.17, 15) is 9.90 Å². The van der Waals surface area contributed by atoms with Crippen LogP contribution in [0.4, 0.5) is 0 Å². The van der Waals surface area contributed by atoms with Gasteiger partial charge in [-0.25, -0.2) is 0 Å². The van der Waals surface area contributed by atoms with Crippen molar-refractivity contribution in [3.05, 3.63) is 35.4 Å². The first-order valence-electron chi connectivity index (χ1n) is 9.95. The second kappa shape index (κ2) is 7.59. The van der Waals surface area contributed by atoms with Crippen LogP contribution < -0.4 is 0 Å². The number of likely N-dealkylation sites (tertiary alicyclic amines) is 1. The van der Waals surface area contributed by atoms with Crippen LogP contribution in [0, 0.1) is 23.2 Å². The van der Waals surface area contributed by atoms with Gasteiger partial charge in [0.25, 0.3) is 5.91 Å². The second-order valence-corrected chi connectivity index (χ2v) is 8.36. The van der Waals surface area contributed by atoms with Gasteiger partial charge in [0, 0.05) is 50.9 Å². The van der Waals surface area contributed by atoms with Gasteiger partial charge >= 0.3 is 0 Å². The van der Waals surface area contributed by atoms with E-state index in [1.54, 1.807) is 24.3 Å². The Labute approximate surface area is 161 Å². The molecule has 0 bridgehead atoms. The fraction of sp³-hybridized carbons (Fsp3) is 0.619. The van der Waals surface area contributed by atoms with E-state index in [1.165, 1.54) is 0 Å². The molecule has 0 spiro atoms. The zero-order valence-electron chi connectivity index (χ0n) is 15.9. The maximum atomic E-state index is 12.9. The van der Waals surface area contributed by atoms with E-state index in [1.807, 2.05) is 4.90 Å². The summed E-state index contributed by atoms with van der Waals surface area (Å²) in [6.07, 6.45) is 1.48. The van der Waals surface area contributed by atoms with Gasteiger partial charge in [-0.15, -0.1) is 0 Å². The predicted molar refractivity (Wildman–Crippen MR) is 102 cm³/mol. The molecule has 1 amide bonds. The SMILES string of the molecule is CN1CCN([C@@H]2C[C@@H]3CN(C(=O)c4ccc(C#N)cc4)C[C@@H]3C[C@H]2O)CC1. The number of rotatable bonds is 2. The van der Waals surface area contributed by atoms with Crippen molar-refractivity contribution in [1.29, 1.82) is 5.26 Å². The second-order valence-electron chi connectivity index (χ2n) is 8.36. The third-order valence-corrected chi connectivity index (χ3v) is 6.66. The number of benzene rings is 1. The Morgan fingerprint density at radius 1 is 1.07 bits per heavy atom. The number of piperazine rings is 1. The van der Waals surface area contributed by atoms with Crippen LogP contribution in [0.1, 0.15) is 28.8 Å². The summed E-state index contributed by atoms with van der Waals surface area (Å²) in [5.74, 6) is 0.908. The van der Waals surface area contributed by atoms with Crippen LogP contribution in [-0.2, 0) is 0 Å². The van der Waals surface area contributed by atoms with E-state index in [0.29, 0.717) is 23.0 Å². The molecule has 0 unspecified atom stereocenters. The van der Waals surface area contributed by atoms with Gasteiger partial charge in [-0.2, -0.15) is 5.26 Å². The molecule has 6 nitrogen and oxygen atoms in total. The van der Waals surface area contributed by atoms with E-state index in [4.69, 9.17) is 5.26 Å². The van der Waals surface area contributed by atoms with Gasteiger partial charge in [0.05, 0.1) is 17.7 Å². The van der Waals surface area contributed by atoms with Crippen molar-refractivity contribution < 1.29 is 9.90 Å². The van der Waals surface area contributed by atoms with Crippen molar-refractivity contribution in [1.82, 2.24) is 14.7 Å². The molecule has 4 rings (SSSR count). The molecule has 3 aliphatic rings. The summed E-state index contributed by atoms with van der Waals surface area (Å²) in [6.45, 7) is 5.66. The summed E-state index contributed by atoms with van der Waals surface area (Å²) in [6, 6.07) is 9.19. The number of hydrogen-bond donors (Lipinski definition) is 1. The summed E-state index contributed by atoms with van der Waals surface area (Å²) < 4.78 is 0. The molecule has 0 radical (unpaired) electrons. The minimum Gasteiger partial charge on any atom is -0.391 e. The number of nitriles is 1. The van der Waals surface area contributed by atoms with E-state index in [0.717, 1.165) is 52.1 Å². The van der Waals surface area contributed by atoms with Gasteiger partial charge in [0.15, 0.2) is 0 Å². The van der Waals surface area contributed by atoms with Gasteiger partial charge in [-0.3, -0.25) is 9.69 Å². The molecule has 0 aromatic heterocycles. The van der Waals surface area contributed by atoms with Crippen molar-refractivity contribution in [2.24, 2.45) is 11.8 Å². The number of aliphatic hydroxyl groups is 1. The van der Waals surface area contributed by atoms with Gasteiger partial charge in [0.1, 0.15) is 0 Å². The zero-order chi connectivity index (χ0) is 19.0. The monoisotopic (exact) mass is 368 g/mol. The fourth-order valence-electron chi connectivity index (χ4n) is 4.99. The van der Waals surface area contributed by atoms with Crippen LogP contribution in [0.15, 0.2) is 24.3 Å². The van der Waals surface area contributed by atoms with Crippen molar-refractivity contribution in [2.45, 2.75) is 25.0 Å². The first kappa shape index (κ1) is 18.4. The average molecular weight is 368 g/mol. The number of nitrogens with zero attached hydrogens (tertiary/aromatic N) is 4. The molecular formula is C21H28N4O2. The first-order valence-corrected chi connectivity index (χ1v) is 9.95. The minimum atomic E-state index is -0.292. The number of aliphatic hydroxyl groups excluding tert-OH is 1. The average Bonchev–Trinajstić information content (AvgIpc) is 3.10. The molecule has 2 saturated heterocycles. The summed E-state index contributed by atoms with van der Waals surface area (Å²) in [7, 11) is 2.15. The lowest BCUT2D eigenvalue weighted by Gasteiger charge is -2.44. The highest BCUT2D eigenvalue weighted by atomic mass is 16.3. The minimum absolute atomic E-state index is 0.0412. The summed E-state index contributed by atoms with van der Waals surface area (Å²) >= 11 is 0. The lowest BCUT2D eigenvalue weighted by atomic mass is 9.77. The highest BCUT2D eigenvalue weighted by molar-refractivity contribution is 5.94. The number of carbonyl (C=O) groups is 1. The molecule has 1 aromatic carbocycles. The molecule has 1 N–H and O–H groups in total. The Morgan fingerprint density at radius 3 is 2.33 bits per heavy atom. The molecule has 2 heterocycles. The summed E-state index contributed by atoms with van der Waals surface area (Å²) in [4.78, 5) is 19.6. The molecule has 2 aliphatic heterocycles. The van der Waals surface area contributed by atoms with Crippen LogP contribution in [0.25, 0.3) is 0 Å². The Morgan fingerprint density at radius 2 is 1.70 bits per heavy atom. The molecule has 3 fully saturated rings. The molecule has 144 valence electrons. The molecule has 1 saturated carbocycles. The van der Waals surface area contributed by atoms with Crippen LogP contribution in [0.3, 0.4) is 0 Å². The Kier molecular flexibility index (Phi) is 5.18. The molecule has 6 heteroatoms. The molecule has 27 heavy (non-hydrogen) atoms. The topological polar surface area (TPSA) is 70.8 Å². The van der Waals surface area contributed by atoms with Crippen molar-refractivity contribution in [3.63, 3.8) is 0 Å². The third-order valence-electron chi connectivity index (χ3n) is 6.66. The number of carbonyl (C=O) groups excluding carboxylic acids is 1. The van der Waals surface area contributed by atoms with Gasteiger partial charge in [-0.05, 0) is 56.0 Å². The smallest absolute Gasteiger partial charge is 0.253 e. The maximum Gasteiger partial charge on any atom is 0.253 e. The quantitative estimate of drug-likeness (QED) is 0.844. The summed E-state index contributed by atoms with van der Waals surface area (Å²) in [5, 5.41) is 19.7. The first-order chi connectivity index (χ1) is 13.0. The van der Waals surface area contributed by atoms with E-state index in [-0.39, 0.29) is 18.1 Å². The van der Waals surface area contributed by atoms with E-state index < -0.39 is 0 Å². The van der Waals surface area contributed by atoms with Crippen LogP contribution in [-0.4, -0.2) is 84.2 Å². The number of hydrogen-bond acceptors (Lipinski definition) is 5. The molecule has 1 aliphatic carbocycles. The third kappa shape index (κ3) is 3.73. The zero-order valence-corrected chi connectivity index (χ0v) is 15.9. The maximum absolute atomic E-state index is 12.9. The Bertz CT molecular complexity index is 721. The molecule has 4 atom stereocenters. The van der Waals surface area contributed by atoms with Crippen LogP contribution >= 0.6 is 0 Å². The Hall–Kier alpha value is -1.94. The largest absolute Gasteiger partial charge is 0.391 e. The molecular weight excluding hydrogens is 340 g/mol. The lowest BCUT2D eigenvalue weighted by Crippen LogP contribution is -2.55. The number of likely N-dealkylation sites (N-methyl/N-ethyl adjacent to an activating group) is 1. The van der Waals surface area contributed by atoms with Gasteiger partial charge in [0.2, 0.25) is 0 Å². The number of amides is 1. The van der Waals surface area contributed by atoms with Crippen molar-refractivity contribution >= 4 is 5.91 Å². The number of fused-ring (bicyclic) bond motifs is 1. The van der Waals surface area contributed by atoms with Crippen LogP contribution in [0.2, 0.25) is 0 Å². The highest BCUT2D eigenvalue weighted by Crippen LogP contribution is 2.39. The standard InChI is InChI=1S/C21H28N4O2/c1-23-6-8-24(9-7-23)19-10-17-13-25(14-18(17)11-20(19)26)21(27)16-4-2-15(12-22)3-5-16/h2-5,17-20,26H,6-11,13-14H2,1H3/t17-,18+,19-,20-/m1/s1. The summed E-state index contributed by atoms with van der Waals surface area (Å²) in [5.41, 5.74) is 1.21. The van der Waals surface area contributed by atoms with Gasteiger partial charge < -0.3 is 14.9 Å². The molecule has 1 aromatic rings. The van der Waals surface area contributed by atoms with Crippen LogP contribution in [0.5, 0.6) is 0 Å². The van der Waals surface area contributed by atoms with E-state index in [2.05, 4.69) is 22.9 Å². The van der Waals surface area contributed by atoms with Crippen molar-refractivity contribution in [3.8, 4) is 6.07 Å². The van der Waals surface area contributed by atoms with Crippen molar-refractivity contribution in [2.75, 3.05) is 46.3 Å². The lowest BCUT2D eigenvalue weighted by molar-refractivity contribution is -0.0249.